The Labute approximate surface area is 207 Å². The molecular formula is C28H35N5O2. The van der Waals surface area contributed by atoms with E-state index in [0.29, 0.717) is 30.8 Å². The number of piperidine rings is 1. The number of hydrogen-bond acceptors (Lipinski definition) is 4. The molecule has 1 aliphatic rings. The van der Waals surface area contributed by atoms with E-state index < -0.39 is 0 Å². The third-order valence-corrected chi connectivity index (χ3v) is 6.31. The fraction of sp³-hybridized carbons (Fsp3) is 0.393. The highest BCUT2D eigenvalue weighted by molar-refractivity contribution is 6.03. The molecule has 4 rings (SSSR count). The average Bonchev–Trinajstić information content (AvgIpc) is 3.30. The highest BCUT2D eigenvalue weighted by atomic mass is 16.2. The molecule has 0 radical (unpaired) electrons. The third-order valence-electron chi connectivity index (χ3n) is 6.31. The van der Waals surface area contributed by atoms with E-state index in [0.717, 1.165) is 30.9 Å². The lowest BCUT2D eigenvalue weighted by molar-refractivity contribution is -0.121. The molecule has 7 heteroatoms. The molecule has 0 aliphatic carbocycles. The Balaban J connectivity index is 1.28. The topological polar surface area (TPSA) is 79.3 Å². The molecule has 0 unspecified atom stereocenters. The Kier molecular flexibility index (Phi) is 9.06. The van der Waals surface area contributed by atoms with E-state index in [4.69, 9.17) is 0 Å². The van der Waals surface area contributed by atoms with Gasteiger partial charge in [0.25, 0.3) is 5.91 Å². The molecule has 1 fully saturated rings. The number of carbonyl (C=O) groups is 2. The van der Waals surface area contributed by atoms with Crippen LogP contribution < -0.4 is 10.6 Å². The minimum absolute atomic E-state index is 0.0868. The van der Waals surface area contributed by atoms with Crippen LogP contribution in [0.1, 0.15) is 54.6 Å². The van der Waals surface area contributed by atoms with Crippen molar-refractivity contribution in [3.8, 4) is 5.69 Å². The SMILES string of the molecule is O=C(CCCc1cn(-c2ccccc2)c(NC(=O)c2ccccc2)n1)NCCCN1CCCCC1. The molecule has 2 N–H and O–H groups in total. The summed E-state index contributed by atoms with van der Waals surface area (Å²) in [7, 11) is 0. The molecule has 35 heavy (non-hydrogen) atoms. The molecule has 1 aromatic heterocycles. The van der Waals surface area contributed by atoms with Gasteiger partial charge in [0.1, 0.15) is 0 Å². The van der Waals surface area contributed by atoms with Crippen molar-refractivity contribution in [3.05, 3.63) is 78.1 Å². The number of hydrogen-bond donors (Lipinski definition) is 2. The first kappa shape index (κ1) is 24.7. The number of aryl methyl sites for hydroxylation is 1. The maximum Gasteiger partial charge on any atom is 0.257 e. The van der Waals surface area contributed by atoms with Gasteiger partial charge in [-0.25, -0.2) is 4.98 Å². The number of benzene rings is 2. The Morgan fingerprint density at radius 3 is 2.34 bits per heavy atom. The average molecular weight is 474 g/mol. The summed E-state index contributed by atoms with van der Waals surface area (Å²) in [6, 6.07) is 18.9. The van der Waals surface area contributed by atoms with Crippen LogP contribution in [0.3, 0.4) is 0 Å². The highest BCUT2D eigenvalue weighted by Gasteiger charge is 2.14. The van der Waals surface area contributed by atoms with E-state index in [2.05, 4.69) is 20.5 Å². The van der Waals surface area contributed by atoms with Crippen LogP contribution in [0.2, 0.25) is 0 Å². The molecule has 3 aromatic rings. The van der Waals surface area contributed by atoms with Gasteiger partial charge < -0.3 is 10.2 Å². The van der Waals surface area contributed by atoms with Gasteiger partial charge in [0.15, 0.2) is 0 Å². The molecule has 1 saturated heterocycles. The van der Waals surface area contributed by atoms with Crippen LogP contribution >= 0.6 is 0 Å². The van der Waals surface area contributed by atoms with Crippen molar-refractivity contribution in [3.63, 3.8) is 0 Å². The van der Waals surface area contributed by atoms with E-state index in [9.17, 15) is 9.59 Å². The second-order valence-electron chi connectivity index (χ2n) is 9.04. The lowest BCUT2D eigenvalue weighted by Gasteiger charge is -2.26. The Bertz CT molecular complexity index is 1080. The monoisotopic (exact) mass is 473 g/mol. The quantitative estimate of drug-likeness (QED) is 0.404. The van der Waals surface area contributed by atoms with Crippen molar-refractivity contribution >= 4 is 17.8 Å². The van der Waals surface area contributed by atoms with E-state index in [1.165, 1.54) is 32.4 Å². The zero-order valence-electron chi connectivity index (χ0n) is 20.3. The molecule has 2 amide bonds. The van der Waals surface area contributed by atoms with E-state index in [1.54, 1.807) is 12.1 Å². The molecule has 7 nitrogen and oxygen atoms in total. The van der Waals surface area contributed by atoms with Gasteiger partial charge in [-0.2, -0.15) is 0 Å². The van der Waals surface area contributed by atoms with Gasteiger partial charge in [0.05, 0.1) is 5.69 Å². The lowest BCUT2D eigenvalue weighted by atomic mass is 10.1. The Morgan fingerprint density at radius 2 is 1.60 bits per heavy atom. The van der Waals surface area contributed by atoms with Crippen molar-refractivity contribution in [2.24, 2.45) is 0 Å². The molecule has 2 heterocycles. The largest absolute Gasteiger partial charge is 0.356 e. The smallest absolute Gasteiger partial charge is 0.257 e. The van der Waals surface area contributed by atoms with Gasteiger partial charge in [-0.1, -0.05) is 42.8 Å². The molecule has 184 valence electrons. The number of likely N-dealkylation sites (tertiary alicyclic amines) is 1. The maximum absolute atomic E-state index is 12.7. The summed E-state index contributed by atoms with van der Waals surface area (Å²) in [4.78, 5) is 32.2. The van der Waals surface area contributed by atoms with E-state index in [1.807, 2.05) is 59.3 Å². The summed E-state index contributed by atoms with van der Waals surface area (Å²) < 4.78 is 1.89. The van der Waals surface area contributed by atoms with Crippen molar-refractivity contribution < 1.29 is 9.59 Å². The summed E-state index contributed by atoms with van der Waals surface area (Å²) in [5.74, 6) is 0.356. The predicted octanol–water partition coefficient (Wildman–Crippen LogP) is 4.44. The fourth-order valence-corrected chi connectivity index (χ4v) is 4.42. The van der Waals surface area contributed by atoms with Crippen molar-refractivity contribution in [2.45, 2.75) is 44.9 Å². The number of carbonyl (C=O) groups excluding carboxylic acids is 2. The minimum Gasteiger partial charge on any atom is -0.356 e. The second kappa shape index (κ2) is 12.9. The minimum atomic E-state index is -0.205. The van der Waals surface area contributed by atoms with Crippen LogP contribution in [0, 0.1) is 0 Å². The normalized spacial score (nSPS) is 13.9. The summed E-state index contributed by atoms with van der Waals surface area (Å²) >= 11 is 0. The number of aromatic nitrogens is 2. The summed E-state index contributed by atoms with van der Waals surface area (Å²) in [6.07, 6.45) is 8.70. The van der Waals surface area contributed by atoms with Crippen LogP contribution in [0.4, 0.5) is 5.95 Å². The second-order valence-corrected chi connectivity index (χ2v) is 9.04. The standard InChI is InChI=1S/C28H35N5O2/c34-26(29-18-11-21-32-19-8-3-9-20-32)17-10-14-24-22-33(25-15-6-2-7-16-25)28(30-24)31-27(35)23-12-4-1-5-13-23/h1-2,4-7,12-13,15-16,22H,3,8-11,14,17-21H2,(H,29,34)(H,30,31,35). The molecule has 2 aromatic carbocycles. The zero-order valence-corrected chi connectivity index (χ0v) is 20.3. The number of rotatable bonds is 11. The third kappa shape index (κ3) is 7.52. The van der Waals surface area contributed by atoms with Gasteiger partial charge in [-0.05, 0) is 76.0 Å². The molecule has 1 aliphatic heterocycles. The van der Waals surface area contributed by atoms with Gasteiger partial charge in [0, 0.05) is 30.4 Å². The predicted molar refractivity (Wildman–Crippen MR) is 139 cm³/mol. The molecule has 0 bridgehead atoms. The fourth-order valence-electron chi connectivity index (χ4n) is 4.42. The summed E-state index contributed by atoms with van der Waals surface area (Å²) in [6.45, 7) is 4.18. The number of nitrogens with zero attached hydrogens (tertiary/aromatic N) is 3. The van der Waals surface area contributed by atoms with Crippen molar-refractivity contribution in [1.82, 2.24) is 19.8 Å². The highest BCUT2D eigenvalue weighted by Crippen LogP contribution is 2.19. The van der Waals surface area contributed by atoms with Crippen LogP contribution in [-0.4, -0.2) is 52.4 Å². The van der Waals surface area contributed by atoms with Crippen LogP contribution in [-0.2, 0) is 11.2 Å². The van der Waals surface area contributed by atoms with E-state index >= 15 is 0 Å². The number of anilines is 1. The van der Waals surface area contributed by atoms with Crippen LogP contribution in [0.25, 0.3) is 5.69 Å². The summed E-state index contributed by atoms with van der Waals surface area (Å²) in [5.41, 5.74) is 2.34. The van der Waals surface area contributed by atoms with Gasteiger partial charge >= 0.3 is 0 Å². The number of para-hydroxylation sites is 1. The van der Waals surface area contributed by atoms with Crippen LogP contribution in [0.15, 0.2) is 66.9 Å². The first-order valence-corrected chi connectivity index (χ1v) is 12.7. The van der Waals surface area contributed by atoms with Crippen molar-refractivity contribution in [2.75, 3.05) is 31.5 Å². The Hall–Kier alpha value is -3.45. The summed E-state index contributed by atoms with van der Waals surface area (Å²) in [5, 5.41) is 5.98. The lowest BCUT2D eigenvalue weighted by Crippen LogP contribution is -2.33. The number of nitrogens with one attached hydrogen (secondary N) is 2. The first-order chi connectivity index (χ1) is 17.2. The molecule has 0 spiro atoms. The Morgan fingerprint density at radius 1 is 0.886 bits per heavy atom. The molecule has 0 atom stereocenters. The first-order valence-electron chi connectivity index (χ1n) is 12.7. The van der Waals surface area contributed by atoms with Gasteiger partial charge in [0.2, 0.25) is 11.9 Å². The van der Waals surface area contributed by atoms with Crippen LogP contribution in [0.5, 0.6) is 0 Å². The zero-order chi connectivity index (χ0) is 24.3. The molecule has 0 saturated carbocycles. The van der Waals surface area contributed by atoms with Gasteiger partial charge in [-0.3, -0.25) is 19.5 Å². The van der Waals surface area contributed by atoms with Gasteiger partial charge in [-0.15, -0.1) is 0 Å². The number of imidazole rings is 1. The maximum atomic E-state index is 12.7. The molecular weight excluding hydrogens is 438 g/mol. The van der Waals surface area contributed by atoms with E-state index in [-0.39, 0.29) is 11.8 Å². The van der Waals surface area contributed by atoms with Crippen molar-refractivity contribution in [1.29, 1.82) is 0 Å². The number of amides is 2.